The predicted molar refractivity (Wildman–Crippen MR) is 106 cm³/mol. The highest BCUT2D eigenvalue weighted by molar-refractivity contribution is 5.97. The molecule has 3 rings (SSSR count). The Bertz CT molecular complexity index is 904. The van der Waals surface area contributed by atoms with Crippen molar-refractivity contribution < 1.29 is 9.90 Å². The SMILES string of the molecule is N=C(N)c1ccc(NCC#Cc2ccc(C(=O)N3CCCC3)c(O)c2)cc1. The average molecular weight is 362 g/mol. The first-order chi connectivity index (χ1) is 13.0. The minimum absolute atomic E-state index is 0.0350. The van der Waals surface area contributed by atoms with E-state index < -0.39 is 0 Å². The molecular formula is C21H22N4O2. The zero-order valence-corrected chi connectivity index (χ0v) is 15.0. The molecule has 1 aliphatic heterocycles. The molecule has 0 saturated carbocycles. The van der Waals surface area contributed by atoms with Crippen LogP contribution in [0.3, 0.4) is 0 Å². The van der Waals surface area contributed by atoms with Crippen molar-refractivity contribution in [2.24, 2.45) is 5.73 Å². The smallest absolute Gasteiger partial charge is 0.257 e. The lowest BCUT2D eigenvalue weighted by atomic mass is 10.1. The van der Waals surface area contributed by atoms with Gasteiger partial charge < -0.3 is 21.1 Å². The minimum Gasteiger partial charge on any atom is -0.507 e. The lowest BCUT2D eigenvalue weighted by Gasteiger charge is -2.15. The van der Waals surface area contributed by atoms with Gasteiger partial charge in [0.05, 0.1) is 12.1 Å². The van der Waals surface area contributed by atoms with E-state index in [0.717, 1.165) is 31.6 Å². The van der Waals surface area contributed by atoms with Crippen LogP contribution in [0.15, 0.2) is 42.5 Å². The van der Waals surface area contributed by atoms with Crippen LogP contribution >= 0.6 is 0 Å². The standard InChI is InChI=1S/C21H22N4O2/c22-20(23)16-6-8-17(9-7-16)24-11-3-4-15-5-10-18(19(26)14-15)21(27)25-12-1-2-13-25/h5-10,14,24,26H,1-2,11-13H2,(H3,22,23). The molecule has 2 aromatic carbocycles. The van der Waals surface area contributed by atoms with Crippen LogP contribution in [0.5, 0.6) is 5.75 Å². The number of carbonyl (C=O) groups is 1. The molecule has 0 unspecified atom stereocenters. The largest absolute Gasteiger partial charge is 0.507 e. The Kier molecular flexibility index (Phi) is 5.62. The molecule has 1 fully saturated rings. The van der Waals surface area contributed by atoms with Crippen molar-refractivity contribution in [3.63, 3.8) is 0 Å². The monoisotopic (exact) mass is 362 g/mol. The van der Waals surface area contributed by atoms with Crippen LogP contribution in [0.2, 0.25) is 0 Å². The highest BCUT2D eigenvalue weighted by Gasteiger charge is 2.21. The van der Waals surface area contributed by atoms with Crippen molar-refractivity contribution in [1.82, 2.24) is 4.90 Å². The zero-order chi connectivity index (χ0) is 19.2. The van der Waals surface area contributed by atoms with Gasteiger partial charge in [0.1, 0.15) is 11.6 Å². The van der Waals surface area contributed by atoms with Gasteiger partial charge in [-0.1, -0.05) is 11.8 Å². The highest BCUT2D eigenvalue weighted by Crippen LogP contribution is 2.22. The first-order valence-electron chi connectivity index (χ1n) is 8.84. The van der Waals surface area contributed by atoms with E-state index in [0.29, 0.717) is 23.2 Å². The number of amidine groups is 1. The van der Waals surface area contributed by atoms with E-state index in [4.69, 9.17) is 11.1 Å². The van der Waals surface area contributed by atoms with E-state index in [1.165, 1.54) is 6.07 Å². The van der Waals surface area contributed by atoms with Gasteiger partial charge in [0.2, 0.25) is 0 Å². The maximum atomic E-state index is 12.4. The Labute approximate surface area is 158 Å². The Morgan fingerprint density at radius 1 is 1.19 bits per heavy atom. The first kappa shape index (κ1) is 18.3. The number of nitrogen functional groups attached to an aromatic ring is 1. The molecule has 2 aromatic rings. The molecule has 1 amide bonds. The minimum atomic E-state index is -0.125. The number of phenolic OH excluding ortho intramolecular Hbond substituents is 1. The summed E-state index contributed by atoms with van der Waals surface area (Å²) in [6.45, 7) is 1.92. The van der Waals surface area contributed by atoms with Gasteiger partial charge in [-0.05, 0) is 55.3 Å². The van der Waals surface area contributed by atoms with Crippen LogP contribution in [0.1, 0.15) is 34.3 Å². The number of nitrogens with one attached hydrogen (secondary N) is 2. The van der Waals surface area contributed by atoms with E-state index in [1.807, 2.05) is 12.1 Å². The first-order valence-corrected chi connectivity index (χ1v) is 8.84. The quantitative estimate of drug-likeness (QED) is 0.381. The molecule has 6 nitrogen and oxygen atoms in total. The van der Waals surface area contributed by atoms with Gasteiger partial charge in [-0.2, -0.15) is 0 Å². The maximum Gasteiger partial charge on any atom is 0.257 e. The lowest BCUT2D eigenvalue weighted by Crippen LogP contribution is -2.27. The van der Waals surface area contributed by atoms with E-state index in [-0.39, 0.29) is 17.5 Å². The van der Waals surface area contributed by atoms with Gasteiger partial charge in [-0.15, -0.1) is 0 Å². The summed E-state index contributed by atoms with van der Waals surface area (Å²) in [4.78, 5) is 14.1. The van der Waals surface area contributed by atoms with Gasteiger partial charge in [-0.25, -0.2) is 0 Å². The second-order valence-corrected chi connectivity index (χ2v) is 6.38. The van der Waals surface area contributed by atoms with Crippen molar-refractivity contribution in [1.29, 1.82) is 5.41 Å². The Morgan fingerprint density at radius 2 is 1.89 bits per heavy atom. The molecule has 1 heterocycles. The third-order valence-corrected chi connectivity index (χ3v) is 4.43. The molecule has 1 aliphatic rings. The number of rotatable bonds is 4. The number of amides is 1. The van der Waals surface area contributed by atoms with Crippen molar-refractivity contribution in [3.05, 3.63) is 59.2 Å². The zero-order valence-electron chi connectivity index (χ0n) is 15.0. The van der Waals surface area contributed by atoms with Gasteiger partial charge in [-0.3, -0.25) is 10.2 Å². The van der Waals surface area contributed by atoms with E-state index in [1.54, 1.807) is 29.2 Å². The molecule has 5 N–H and O–H groups in total. The average Bonchev–Trinajstić information content (AvgIpc) is 3.20. The molecule has 1 saturated heterocycles. The third-order valence-electron chi connectivity index (χ3n) is 4.43. The number of phenols is 1. The van der Waals surface area contributed by atoms with E-state index in [2.05, 4.69) is 17.2 Å². The van der Waals surface area contributed by atoms with Gasteiger partial charge in [0.25, 0.3) is 5.91 Å². The molecule has 0 atom stereocenters. The molecule has 6 heteroatoms. The molecule has 27 heavy (non-hydrogen) atoms. The fourth-order valence-corrected chi connectivity index (χ4v) is 2.94. The number of nitrogens with zero attached hydrogens (tertiary/aromatic N) is 1. The summed E-state index contributed by atoms with van der Waals surface area (Å²) in [5.74, 6) is 5.83. The summed E-state index contributed by atoms with van der Waals surface area (Å²) in [6, 6.07) is 12.1. The third kappa shape index (κ3) is 4.59. The molecule has 138 valence electrons. The number of likely N-dealkylation sites (tertiary alicyclic amines) is 1. The summed E-state index contributed by atoms with van der Waals surface area (Å²) < 4.78 is 0. The van der Waals surface area contributed by atoms with Crippen LogP contribution in [0.25, 0.3) is 0 Å². The van der Waals surface area contributed by atoms with Gasteiger partial charge >= 0.3 is 0 Å². The van der Waals surface area contributed by atoms with E-state index in [9.17, 15) is 9.90 Å². The summed E-state index contributed by atoms with van der Waals surface area (Å²) in [5, 5.41) is 20.7. The second kappa shape index (κ2) is 8.28. The number of aromatic hydroxyl groups is 1. The molecule has 0 spiro atoms. The fraction of sp³-hybridized carbons (Fsp3) is 0.238. The van der Waals surface area contributed by atoms with Gasteiger partial charge in [0.15, 0.2) is 0 Å². The highest BCUT2D eigenvalue weighted by atomic mass is 16.3. The van der Waals surface area contributed by atoms with E-state index >= 15 is 0 Å². The Hall–Kier alpha value is -3.46. The number of benzene rings is 2. The van der Waals surface area contributed by atoms with Crippen LogP contribution < -0.4 is 11.1 Å². The summed E-state index contributed by atoms with van der Waals surface area (Å²) in [5.41, 5.74) is 7.95. The van der Waals surface area contributed by atoms with Crippen LogP contribution in [-0.2, 0) is 0 Å². The molecule has 0 bridgehead atoms. The van der Waals surface area contributed by atoms with Gasteiger partial charge in [0, 0.05) is 29.9 Å². The molecule has 0 aliphatic carbocycles. The summed E-state index contributed by atoms with van der Waals surface area (Å²) in [7, 11) is 0. The van der Waals surface area contributed by atoms with Crippen molar-refractivity contribution >= 4 is 17.4 Å². The molecule has 0 radical (unpaired) electrons. The van der Waals surface area contributed by atoms with Crippen LogP contribution in [0, 0.1) is 17.3 Å². The number of hydrogen-bond acceptors (Lipinski definition) is 4. The fourth-order valence-electron chi connectivity index (χ4n) is 2.94. The predicted octanol–water partition coefficient (Wildman–Crippen LogP) is 2.38. The molecule has 0 aromatic heterocycles. The number of nitrogens with two attached hydrogens (primary N) is 1. The lowest BCUT2D eigenvalue weighted by molar-refractivity contribution is 0.0790. The van der Waals surface area contributed by atoms with Crippen molar-refractivity contribution in [2.75, 3.05) is 25.0 Å². The summed E-state index contributed by atoms with van der Waals surface area (Å²) >= 11 is 0. The Balaban J connectivity index is 1.59. The summed E-state index contributed by atoms with van der Waals surface area (Å²) in [6.07, 6.45) is 2.03. The van der Waals surface area contributed by atoms with Crippen LogP contribution in [-0.4, -0.2) is 41.4 Å². The Morgan fingerprint density at radius 3 is 2.52 bits per heavy atom. The number of anilines is 1. The number of carbonyl (C=O) groups excluding carboxylic acids is 1. The van der Waals surface area contributed by atoms with Crippen molar-refractivity contribution in [3.8, 4) is 17.6 Å². The normalized spacial score (nSPS) is 13.0. The second-order valence-electron chi connectivity index (χ2n) is 6.38. The molecular weight excluding hydrogens is 340 g/mol. The number of hydrogen-bond donors (Lipinski definition) is 4. The topological polar surface area (TPSA) is 102 Å². The maximum absolute atomic E-state index is 12.4. The van der Waals surface area contributed by atoms with Crippen molar-refractivity contribution in [2.45, 2.75) is 12.8 Å². The van der Waals surface area contributed by atoms with Crippen LogP contribution in [0.4, 0.5) is 5.69 Å².